The molecule has 1 aromatic rings. The third-order valence-corrected chi connectivity index (χ3v) is 1.72. The summed E-state index contributed by atoms with van der Waals surface area (Å²) in [6.45, 7) is 0. The van der Waals surface area contributed by atoms with Crippen LogP contribution in [0.3, 0.4) is 0 Å². The van der Waals surface area contributed by atoms with E-state index in [4.69, 9.17) is 16.9 Å². The summed E-state index contributed by atoms with van der Waals surface area (Å²) in [6.07, 6.45) is 0.149. The highest BCUT2D eigenvalue weighted by molar-refractivity contribution is 6.31. The molecular formula is C8H5ClFN. The van der Waals surface area contributed by atoms with Gasteiger partial charge in [-0.05, 0) is 11.6 Å². The largest absolute Gasteiger partial charge is 0.205 e. The summed E-state index contributed by atoms with van der Waals surface area (Å²) < 4.78 is 12.7. The number of nitrogens with zero attached hydrogens (tertiary/aromatic N) is 1. The molecule has 0 saturated carbocycles. The molecule has 0 aliphatic rings. The molecule has 56 valence electrons. The Hall–Kier alpha value is -1.07. The number of benzene rings is 1. The highest BCUT2D eigenvalue weighted by Crippen LogP contribution is 2.19. The minimum Gasteiger partial charge on any atom is -0.205 e. The first-order valence-corrected chi connectivity index (χ1v) is 3.43. The maximum absolute atomic E-state index is 12.7. The Balaban J connectivity index is 3.08. The van der Waals surface area contributed by atoms with Gasteiger partial charge in [0.2, 0.25) is 0 Å². The van der Waals surface area contributed by atoms with Crippen LogP contribution >= 0.6 is 11.6 Å². The van der Waals surface area contributed by atoms with E-state index in [1.807, 2.05) is 6.07 Å². The van der Waals surface area contributed by atoms with Crippen LogP contribution in [0, 0.1) is 17.1 Å². The van der Waals surface area contributed by atoms with Crippen LogP contribution in [-0.2, 0) is 6.42 Å². The van der Waals surface area contributed by atoms with Crippen LogP contribution in [0.5, 0.6) is 0 Å². The second-order valence-corrected chi connectivity index (χ2v) is 2.43. The molecule has 0 fully saturated rings. The molecule has 0 atom stereocenters. The summed E-state index contributed by atoms with van der Waals surface area (Å²) in [5, 5.41) is 8.35. The number of hydrogen-bond donors (Lipinski definition) is 0. The molecule has 0 N–H and O–H groups in total. The van der Waals surface area contributed by atoms with E-state index in [1.54, 1.807) is 6.07 Å². The highest BCUT2D eigenvalue weighted by atomic mass is 35.5. The lowest BCUT2D eigenvalue weighted by Gasteiger charge is -1.98. The molecule has 1 aromatic carbocycles. The summed E-state index contributed by atoms with van der Waals surface area (Å²) in [6, 6.07) is 6.34. The van der Waals surface area contributed by atoms with E-state index in [9.17, 15) is 4.39 Å². The van der Waals surface area contributed by atoms with Crippen LogP contribution < -0.4 is 0 Å². The Morgan fingerprint density at radius 3 is 2.91 bits per heavy atom. The topological polar surface area (TPSA) is 23.8 Å². The lowest BCUT2D eigenvalue weighted by molar-refractivity contribution is 0.626. The van der Waals surface area contributed by atoms with Gasteiger partial charge in [-0.3, -0.25) is 0 Å². The molecule has 1 nitrogen and oxygen atoms in total. The second-order valence-electron chi connectivity index (χ2n) is 2.05. The number of hydrogen-bond acceptors (Lipinski definition) is 1. The van der Waals surface area contributed by atoms with E-state index in [-0.39, 0.29) is 11.4 Å². The first-order chi connectivity index (χ1) is 5.25. The van der Waals surface area contributed by atoms with Crippen molar-refractivity contribution < 1.29 is 4.39 Å². The van der Waals surface area contributed by atoms with Crippen LogP contribution in [0.1, 0.15) is 5.56 Å². The molecule has 0 saturated heterocycles. The van der Waals surface area contributed by atoms with Crippen LogP contribution in [0.4, 0.5) is 4.39 Å². The third kappa shape index (κ3) is 1.69. The summed E-state index contributed by atoms with van der Waals surface area (Å²) in [5.41, 5.74) is 0.536. The minimum atomic E-state index is -0.473. The number of rotatable bonds is 1. The lowest BCUT2D eigenvalue weighted by atomic mass is 10.2. The van der Waals surface area contributed by atoms with Gasteiger partial charge in [-0.15, -0.1) is 0 Å². The van der Waals surface area contributed by atoms with Crippen molar-refractivity contribution in [2.24, 2.45) is 0 Å². The van der Waals surface area contributed by atoms with Gasteiger partial charge in [0.05, 0.1) is 17.5 Å². The van der Waals surface area contributed by atoms with Gasteiger partial charge in [-0.1, -0.05) is 23.7 Å². The van der Waals surface area contributed by atoms with Gasteiger partial charge in [-0.2, -0.15) is 5.26 Å². The molecule has 3 heteroatoms. The Morgan fingerprint density at radius 2 is 2.27 bits per heavy atom. The monoisotopic (exact) mass is 169 g/mol. The first-order valence-electron chi connectivity index (χ1n) is 3.05. The van der Waals surface area contributed by atoms with Gasteiger partial charge in [0.15, 0.2) is 0 Å². The summed E-state index contributed by atoms with van der Waals surface area (Å²) in [7, 11) is 0. The summed E-state index contributed by atoms with van der Waals surface area (Å²) in [4.78, 5) is 0. The average Bonchev–Trinajstić information content (AvgIpc) is 1.99. The van der Waals surface area contributed by atoms with Gasteiger partial charge in [0.1, 0.15) is 5.82 Å². The Labute approximate surface area is 69.0 Å². The molecule has 0 aliphatic carbocycles. The van der Waals surface area contributed by atoms with Crippen LogP contribution in [-0.4, -0.2) is 0 Å². The Kier molecular flexibility index (Phi) is 2.45. The van der Waals surface area contributed by atoms with Crippen molar-refractivity contribution >= 4 is 11.6 Å². The molecule has 0 heterocycles. The van der Waals surface area contributed by atoms with Crippen molar-refractivity contribution in [1.82, 2.24) is 0 Å². The Bertz CT molecular complexity index is 303. The molecule has 0 amide bonds. The maximum Gasteiger partial charge on any atom is 0.142 e. The molecule has 0 unspecified atom stereocenters. The summed E-state index contributed by atoms with van der Waals surface area (Å²) >= 11 is 5.55. The number of nitriles is 1. The zero-order chi connectivity index (χ0) is 8.27. The van der Waals surface area contributed by atoms with Crippen molar-refractivity contribution in [3.63, 3.8) is 0 Å². The van der Waals surface area contributed by atoms with Crippen molar-refractivity contribution in [3.05, 3.63) is 34.6 Å². The molecular weight excluding hydrogens is 165 g/mol. The predicted molar refractivity (Wildman–Crippen MR) is 40.7 cm³/mol. The standard InChI is InChI=1S/C8H5ClFN/c9-8-6(4-5-11)2-1-3-7(8)10/h1-3H,4H2. The highest BCUT2D eigenvalue weighted by Gasteiger charge is 2.03. The smallest absolute Gasteiger partial charge is 0.142 e. The normalized spacial score (nSPS) is 9.18. The fourth-order valence-corrected chi connectivity index (χ4v) is 0.963. The van der Waals surface area contributed by atoms with Crippen molar-refractivity contribution in [3.8, 4) is 6.07 Å². The van der Waals surface area contributed by atoms with Gasteiger partial charge in [0, 0.05) is 0 Å². The van der Waals surface area contributed by atoms with Gasteiger partial charge in [-0.25, -0.2) is 4.39 Å². The first kappa shape index (κ1) is 8.03. The number of halogens is 2. The van der Waals surface area contributed by atoms with Gasteiger partial charge < -0.3 is 0 Å². The zero-order valence-corrected chi connectivity index (χ0v) is 6.40. The zero-order valence-electron chi connectivity index (χ0n) is 5.64. The predicted octanol–water partition coefficient (Wildman–Crippen LogP) is 2.55. The molecule has 0 spiro atoms. The fourth-order valence-electron chi connectivity index (χ4n) is 0.770. The quantitative estimate of drug-likeness (QED) is 0.634. The van der Waals surface area contributed by atoms with Gasteiger partial charge >= 0.3 is 0 Å². The molecule has 0 aliphatic heterocycles. The molecule has 0 radical (unpaired) electrons. The van der Waals surface area contributed by atoms with E-state index in [2.05, 4.69) is 0 Å². The molecule has 0 aromatic heterocycles. The summed E-state index contributed by atoms with van der Waals surface area (Å²) in [5.74, 6) is -0.473. The SMILES string of the molecule is N#CCc1cccc(F)c1Cl. The third-order valence-electron chi connectivity index (χ3n) is 1.30. The fraction of sp³-hybridized carbons (Fsp3) is 0.125. The van der Waals surface area contributed by atoms with Crippen molar-refractivity contribution in [2.45, 2.75) is 6.42 Å². The van der Waals surface area contributed by atoms with E-state index in [1.165, 1.54) is 12.1 Å². The minimum absolute atomic E-state index is 0.0500. The average molecular weight is 170 g/mol. The second kappa shape index (κ2) is 3.36. The molecule has 0 bridgehead atoms. The van der Waals surface area contributed by atoms with E-state index >= 15 is 0 Å². The van der Waals surface area contributed by atoms with Crippen molar-refractivity contribution in [1.29, 1.82) is 5.26 Å². The van der Waals surface area contributed by atoms with E-state index in [0.717, 1.165) is 0 Å². The van der Waals surface area contributed by atoms with E-state index in [0.29, 0.717) is 5.56 Å². The maximum atomic E-state index is 12.7. The lowest BCUT2D eigenvalue weighted by Crippen LogP contribution is -1.85. The molecule has 11 heavy (non-hydrogen) atoms. The van der Waals surface area contributed by atoms with Crippen LogP contribution in [0.2, 0.25) is 5.02 Å². The van der Waals surface area contributed by atoms with E-state index < -0.39 is 5.82 Å². The van der Waals surface area contributed by atoms with Crippen LogP contribution in [0.25, 0.3) is 0 Å². The van der Waals surface area contributed by atoms with Gasteiger partial charge in [0.25, 0.3) is 0 Å². The Morgan fingerprint density at radius 1 is 1.55 bits per heavy atom. The van der Waals surface area contributed by atoms with Crippen molar-refractivity contribution in [2.75, 3.05) is 0 Å². The molecule has 1 rings (SSSR count). The van der Waals surface area contributed by atoms with Crippen LogP contribution in [0.15, 0.2) is 18.2 Å².